The van der Waals surface area contributed by atoms with Gasteiger partial charge in [-0.25, -0.2) is 13.4 Å². The van der Waals surface area contributed by atoms with E-state index < -0.39 is 9.84 Å². The highest BCUT2D eigenvalue weighted by Gasteiger charge is 2.28. The van der Waals surface area contributed by atoms with E-state index in [0.29, 0.717) is 6.42 Å². The Labute approximate surface area is 116 Å². The molecule has 0 amide bonds. The lowest BCUT2D eigenvalue weighted by Gasteiger charge is -2.07. The predicted octanol–water partition coefficient (Wildman–Crippen LogP) is 2.46. The number of sulfone groups is 1. The van der Waals surface area contributed by atoms with Crippen molar-refractivity contribution in [2.24, 2.45) is 0 Å². The predicted molar refractivity (Wildman–Crippen MR) is 79.7 cm³/mol. The lowest BCUT2D eigenvalue weighted by atomic mass is 10.2. The van der Waals surface area contributed by atoms with Crippen LogP contribution in [0.5, 0.6) is 0 Å². The Kier molecular flexibility index (Phi) is 3.22. The SMILES string of the molecule is CCc1ccc2nc(NC3CCS(=O)(=O)C3)sc2c1. The molecule has 6 heteroatoms. The normalized spacial score (nSPS) is 21.8. The summed E-state index contributed by atoms with van der Waals surface area (Å²) in [5.74, 6) is 0.513. The minimum Gasteiger partial charge on any atom is -0.358 e. The van der Waals surface area contributed by atoms with Gasteiger partial charge in [0, 0.05) is 6.04 Å². The average Bonchev–Trinajstić information content (AvgIpc) is 2.91. The molecule has 0 bridgehead atoms. The Hall–Kier alpha value is -1.14. The molecule has 19 heavy (non-hydrogen) atoms. The van der Waals surface area contributed by atoms with Crippen molar-refractivity contribution in [3.05, 3.63) is 23.8 Å². The molecule has 2 aromatic rings. The zero-order chi connectivity index (χ0) is 13.5. The van der Waals surface area contributed by atoms with Crippen LogP contribution in [-0.2, 0) is 16.3 Å². The summed E-state index contributed by atoms with van der Waals surface area (Å²) in [6, 6.07) is 6.28. The number of aromatic nitrogens is 1. The van der Waals surface area contributed by atoms with Gasteiger partial charge in [-0.05, 0) is 30.5 Å². The molecule has 1 saturated heterocycles. The van der Waals surface area contributed by atoms with Crippen molar-refractivity contribution in [1.29, 1.82) is 0 Å². The van der Waals surface area contributed by atoms with Gasteiger partial charge in [0.1, 0.15) is 0 Å². The van der Waals surface area contributed by atoms with Crippen LogP contribution in [0.3, 0.4) is 0 Å². The molecule has 0 aliphatic carbocycles. The third kappa shape index (κ3) is 2.74. The first-order chi connectivity index (χ1) is 9.05. The highest BCUT2D eigenvalue weighted by atomic mass is 32.2. The Morgan fingerprint density at radius 1 is 1.47 bits per heavy atom. The maximum Gasteiger partial charge on any atom is 0.184 e. The standard InChI is InChI=1S/C13H16N2O2S2/c1-2-9-3-4-11-12(7-9)18-13(15-11)14-10-5-6-19(16,17)8-10/h3-4,7,10H,2,5-6,8H2,1H3,(H,14,15). The summed E-state index contributed by atoms with van der Waals surface area (Å²) in [6.07, 6.45) is 1.69. The molecule has 0 spiro atoms. The van der Waals surface area contributed by atoms with Gasteiger partial charge in [-0.2, -0.15) is 0 Å². The molecule has 2 heterocycles. The first kappa shape index (κ1) is 12.9. The molecule has 1 atom stereocenters. The van der Waals surface area contributed by atoms with E-state index >= 15 is 0 Å². The molecule has 3 rings (SSSR count). The third-order valence-electron chi connectivity index (χ3n) is 3.42. The number of anilines is 1. The molecule has 1 N–H and O–H groups in total. The van der Waals surface area contributed by atoms with Crippen LogP contribution in [-0.4, -0.2) is 30.9 Å². The largest absolute Gasteiger partial charge is 0.358 e. The Bertz CT molecular complexity index is 707. The summed E-state index contributed by atoms with van der Waals surface area (Å²) in [5, 5.41) is 4.08. The fraction of sp³-hybridized carbons (Fsp3) is 0.462. The van der Waals surface area contributed by atoms with E-state index in [0.717, 1.165) is 21.8 Å². The second-order valence-corrected chi connectivity index (χ2v) is 8.18. The second-order valence-electron chi connectivity index (χ2n) is 4.92. The Morgan fingerprint density at radius 2 is 2.32 bits per heavy atom. The van der Waals surface area contributed by atoms with Crippen LogP contribution in [0.15, 0.2) is 18.2 Å². The first-order valence-electron chi connectivity index (χ1n) is 6.42. The molecule has 1 aliphatic heterocycles. The number of nitrogens with one attached hydrogen (secondary N) is 1. The van der Waals surface area contributed by atoms with Crippen LogP contribution in [0.25, 0.3) is 10.2 Å². The number of rotatable bonds is 3. The van der Waals surface area contributed by atoms with Gasteiger partial charge < -0.3 is 5.32 Å². The van der Waals surface area contributed by atoms with E-state index in [1.165, 1.54) is 5.56 Å². The first-order valence-corrected chi connectivity index (χ1v) is 9.06. The Morgan fingerprint density at radius 3 is 3.00 bits per heavy atom. The molecule has 1 fully saturated rings. The highest BCUT2D eigenvalue weighted by Crippen LogP contribution is 2.28. The summed E-state index contributed by atoms with van der Waals surface area (Å²) in [5.41, 5.74) is 2.27. The molecule has 1 aromatic carbocycles. The van der Waals surface area contributed by atoms with Crippen LogP contribution in [0.1, 0.15) is 18.9 Å². The van der Waals surface area contributed by atoms with Crippen LogP contribution < -0.4 is 5.32 Å². The fourth-order valence-corrected chi connectivity index (χ4v) is 5.01. The van der Waals surface area contributed by atoms with E-state index in [2.05, 4.69) is 29.4 Å². The number of thiazole rings is 1. The minimum absolute atomic E-state index is 0.0104. The second kappa shape index (κ2) is 4.76. The Balaban J connectivity index is 1.82. The third-order valence-corrected chi connectivity index (χ3v) is 6.14. The number of benzene rings is 1. The van der Waals surface area contributed by atoms with Crippen LogP contribution in [0, 0.1) is 0 Å². The van der Waals surface area contributed by atoms with Crippen molar-refractivity contribution < 1.29 is 8.42 Å². The van der Waals surface area contributed by atoms with Crippen molar-refractivity contribution in [3.8, 4) is 0 Å². The van der Waals surface area contributed by atoms with Gasteiger partial charge in [0.25, 0.3) is 0 Å². The molecule has 4 nitrogen and oxygen atoms in total. The lowest BCUT2D eigenvalue weighted by molar-refractivity contribution is 0.602. The topological polar surface area (TPSA) is 59.1 Å². The van der Waals surface area contributed by atoms with Crippen molar-refractivity contribution in [3.63, 3.8) is 0 Å². The molecular formula is C13H16N2O2S2. The molecule has 1 aromatic heterocycles. The van der Waals surface area contributed by atoms with E-state index in [1.807, 2.05) is 6.07 Å². The van der Waals surface area contributed by atoms with Crippen LogP contribution in [0.2, 0.25) is 0 Å². The molecule has 0 saturated carbocycles. The number of hydrogen-bond donors (Lipinski definition) is 1. The van der Waals surface area contributed by atoms with Gasteiger partial charge in [0.2, 0.25) is 0 Å². The zero-order valence-corrected chi connectivity index (χ0v) is 12.4. The van der Waals surface area contributed by atoms with E-state index in [4.69, 9.17) is 0 Å². The smallest absolute Gasteiger partial charge is 0.184 e. The van der Waals surface area contributed by atoms with Crippen molar-refractivity contribution in [2.75, 3.05) is 16.8 Å². The summed E-state index contributed by atoms with van der Waals surface area (Å²) in [7, 11) is -2.84. The average molecular weight is 296 g/mol. The quantitative estimate of drug-likeness (QED) is 0.945. The van der Waals surface area contributed by atoms with Gasteiger partial charge in [0.15, 0.2) is 15.0 Å². The maximum absolute atomic E-state index is 11.4. The van der Waals surface area contributed by atoms with Crippen molar-refractivity contribution in [2.45, 2.75) is 25.8 Å². The summed E-state index contributed by atoms with van der Waals surface area (Å²) >= 11 is 1.60. The van der Waals surface area contributed by atoms with Crippen molar-refractivity contribution >= 4 is 36.5 Å². The van der Waals surface area contributed by atoms with Gasteiger partial charge in [0.05, 0.1) is 21.7 Å². The van der Waals surface area contributed by atoms with E-state index in [9.17, 15) is 8.42 Å². The summed E-state index contributed by atoms with van der Waals surface area (Å²) in [4.78, 5) is 4.51. The highest BCUT2D eigenvalue weighted by molar-refractivity contribution is 7.91. The molecule has 1 unspecified atom stereocenters. The molecule has 1 aliphatic rings. The van der Waals surface area contributed by atoms with Crippen LogP contribution >= 0.6 is 11.3 Å². The number of nitrogens with zero attached hydrogens (tertiary/aromatic N) is 1. The summed E-state index contributed by atoms with van der Waals surface area (Å²) < 4.78 is 24.0. The van der Waals surface area contributed by atoms with Gasteiger partial charge in [-0.3, -0.25) is 0 Å². The van der Waals surface area contributed by atoms with Gasteiger partial charge in [-0.1, -0.05) is 24.3 Å². The number of aryl methyl sites for hydroxylation is 1. The number of fused-ring (bicyclic) bond motifs is 1. The zero-order valence-electron chi connectivity index (χ0n) is 10.7. The van der Waals surface area contributed by atoms with Crippen molar-refractivity contribution in [1.82, 2.24) is 4.98 Å². The van der Waals surface area contributed by atoms with E-state index in [1.54, 1.807) is 11.3 Å². The monoisotopic (exact) mass is 296 g/mol. The van der Waals surface area contributed by atoms with Crippen LogP contribution in [0.4, 0.5) is 5.13 Å². The van der Waals surface area contributed by atoms with Gasteiger partial charge >= 0.3 is 0 Å². The molecular weight excluding hydrogens is 280 g/mol. The minimum atomic E-state index is -2.84. The molecule has 102 valence electrons. The van der Waals surface area contributed by atoms with E-state index in [-0.39, 0.29) is 17.5 Å². The maximum atomic E-state index is 11.4. The van der Waals surface area contributed by atoms with Gasteiger partial charge in [-0.15, -0.1) is 0 Å². The summed E-state index contributed by atoms with van der Waals surface area (Å²) in [6.45, 7) is 2.13. The number of hydrogen-bond acceptors (Lipinski definition) is 5. The molecule has 0 radical (unpaired) electrons. The fourth-order valence-electron chi connectivity index (χ4n) is 2.33. The lowest BCUT2D eigenvalue weighted by Crippen LogP contribution is -2.20.